The highest BCUT2D eigenvalue weighted by molar-refractivity contribution is 5.81. The van der Waals surface area contributed by atoms with E-state index in [1.807, 2.05) is 0 Å². The second-order valence-corrected chi connectivity index (χ2v) is 6.93. The Morgan fingerprint density at radius 1 is 1.20 bits per heavy atom. The summed E-state index contributed by atoms with van der Waals surface area (Å²) in [6, 6.07) is 8.86. The average Bonchev–Trinajstić information content (AvgIpc) is 2.76. The zero-order valence-electron chi connectivity index (χ0n) is 13.6. The molecule has 110 valence electrons. The van der Waals surface area contributed by atoms with E-state index in [1.165, 1.54) is 10.9 Å². The van der Waals surface area contributed by atoms with Crippen LogP contribution in [0.4, 0.5) is 0 Å². The molecule has 0 spiro atoms. The number of hydrogen-bond donors (Lipinski definition) is 1. The summed E-state index contributed by atoms with van der Waals surface area (Å²) in [6.45, 7) is 14.2. The van der Waals surface area contributed by atoms with Crippen molar-refractivity contribution < 1.29 is 4.42 Å². The van der Waals surface area contributed by atoms with Crippen molar-refractivity contribution in [1.29, 1.82) is 0 Å². The van der Waals surface area contributed by atoms with Crippen LogP contribution in [0, 0.1) is 5.41 Å². The predicted octanol–water partition coefficient (Wildman–Crippen LogP) is 5.25. The van der Waals surface area contributed by atoms with Gasteiger partial charge in [-0.3, -0.25) is 0 Å². The van der Waals surface area contributed by atoms with E-state index >= 15 is 0 Å². The molecule has 2 aromatic rings. The fourth-order valence-corrected chi connectivity index (χ4v) is 2.74. The van der Waals surface area contributed by atoms with Crippen molar-refractivity contribution in [3.63, 3.8) is 0 Å². The third-order valence-corrected chi connectivity index (χ3v) is 3.77. The number of hydrogen-bond acceptors (Lipinski definition) is 2. The monoisotopic (exact) mass is 273 g/mol. The summed E-state index contributed by atoms with van der Waals surface area (Å²) in [5.41, 5.74) is 2.46. The average molecular weight is 273 g/mol. The third kappa shape index (κ3) is 2.90. The topological polar surface area (TPSA) is 25.2 Å². The fraction of sp³-hybridized carbons (Fsp3) is 0.556. The summed E-state index contributed by atoms with van der Waals surface area (Å²) in [5, 5.41) is 4.76. The molecule has 2 nitrogen and oxygen atoms in total. The molecule has 0 aliphatic rings. The minimum Gasteiger partial charge on any atom is -0.459 e. The molecule has 1 atom stereocenters. The molecule has 0 radical (unpaired) electrons. The van der Waals surface area contributed by atoms with E-state index in [4.69, 9.17) is 4.42 Å². The van der Waals surface area contributed by atoms with Gasteiger partial charge in [0.2, 0.25) is 0 Å². The van der Waals surface area contributed by atoms with Crippen LogP contribution in [-0.2, 0) is 0 Å². The van der Waals surface area contributed by atoms with E-state index < -0.39 is 0 Å². The van der Waals surface area contributed by atoms with E-state index in [9.17, 15) is 0 Å². The number of nitrogens with one attached hydrogen (secondary N) is 1. The van der Waals surface area contributed by atoms with E-state index in [0.717, 1.165) is 17.9 Å². The van der Waals surface area contributed by atoms with Crippen LogP contribution >= 0.6 is 0 Å². The lowest BCUT2D eigenvalue weighted by atomic mass is 9.85. The Labute approximate surface area is 122 Å². The Morgan fingerprint density at radius 3 is 2.45 bits per heavy atom. The van der Waals surface area contributed by atoms with Crippen LogP contribution in [0.2, 0.25) is 0 Å². The van der Waals surface area contributed by atoms with Crippen molar-refractivity contribution in [2.45, 2.75) is 53.5 Å². The van der Waals surface area contributed by atoms with Crippen LogP contribution in [0.5, 0.6) is 0 Å². The Kier molecular flexibility index (Phi) is 4.24. The first-order valence-corrected chi connectivity index (χ1v) is 7.60. The summed E-state index contributed by atoms with van der Waals surface area (Å²) >= 11 is 0. The molecule has 1 unspecified atom stereocenters. The number of fused-ring (bicyclic) bond motifs is 1. The fourth-order valence-electron chi connectivity index (χ4n) is 2.74. The van der Waals surface area contributed by atoms with Gasteiger partial charge >= 0.3 is 0 Å². The maximum absolute atomic E-state index is 6.24. The molecule has 1 aromatic heterocycles. The second-order valence-electron chi connectivity index (χ2n) is 6.93. The Hall–Kier alpha value is -1.28. The van der Waals surface area contributed by atoms with Gasteiger partial charge in [-0.25, -0.2) is 0 Å². The molecule has 1 N–H and O–H groups in total. The van der Waals surface area contributed by atoms with Gasteiger partial charge in [0.05, 0.1) is 6.04 Å². The van der Waals surface area contributed by atoms with Gasteiger partial charge in [-0.1, -0.05) is 59.7 Å². The second kappa shape index (κ2) is 5.61. The van der Waals surface area contributed by atoms with Crippen LogP contribution in [0.3, 0.4) is 0 Å². The summed E-state index contributed by atoms with van der Waals surface area (Å²) in [5.74, 6) is 1.52. The lowest BCUT2D eigenvalue weighted by Crippen LogP contribution is -2.31. The molecule has 1 heterocycles. The summed E-state index contributed by atoms with van der Waals surface area (Å²) in [4.78, 5) is 0. The Balaban J connectivity index is 2.52. The minimum atomic E-state index is 0.127. The quantitative estimate of drug-likeness (QED) is 0.822. The first-order valence-electron chi connectivity index (χ1n) is 7.60. The molecule has 0 bridgehead atoms. The highest BCUT2D eigenvalue weighted by Gasteiger charge is 2.28. The van der Waals surface area contributed by atoms with Gasteiger partial charge < -0.3 is 9.73 Å². The molecule has 2 rings (SSSR count). The smallest absolute Gasteiger partial charge is 0.137 e. The largest absolute Gasteiger partial charge is 0.459 e. The van der Waals surface area contributed by atoms with Gasteiger partial charge in [0.1, 0.15) is 11.3 Å². The molecule has 20 heavy (non-hydrogen) atoms. The summed E-state index contributed by atoms with van der Waals surface area (Å²) in [7, 11) is 0. The van der Waals surface area contributed by atoms with Gasteiger partial charge in [0, 0.05) is 5.39 Å². The van der Waals surface area contributed by atoms with Crippen molar-refractivity contribution in [1.82, 2.24) is 5.32 Å². The zero-order chi connectivity index (χ0) is 14.9. The van der Waals surface area contributed by atoms with E-state index in [1.54, 1.807) is 0 Å². The van der Waals surface area contributed by atoms with E-state index in [2.05, 4.69) is 71.1 Å². The van der Waals surface area contributed by atoms with Crippen LogP contribution in [0.1, 0.15) is 64.8 Å². The van der Waals surface area contributed by atoms with Crippen molar-refractivity contribution >= 4 is 11.0 Å². The molecule has 0 aliphatic carbocycles. The van der Waals surface area contributed by atoms with Crippen LogP contribution in [0.25, 0.3) is 11.0 Å². The molecule has 0 aliphatic heterocycles. The maximum atomic E-state index is 6.24. The summed E-state index contributed by atoms with van der Waals surface area (Å²) < 4.78 is 6.24. The number of furan rings is 1. The zero-order valence-corrected chi connectivity index (χ0v) is 13.6. The highest BCUT2D eigenvalue weighted by Crippen LogP contribution is 2.37. The first-order chi connectivity index (χ1) is 9.34. The van der Waals surface area contributed by atoms with Gasteiger partial charge in [-0.2, -0.15) is 0 Å². The van der Waals surface area contributed by atoms with Crippen LogP contribution in [0.15, 0.2) is 28.7 Å². The Bertz CT molecular complexity index is 575. The lowest BCUT2D eigenvalue weighted by Gasteiger charge is -2.29. The van der Waals surface area contributed by atoms with Crippen molar-refractivity contribution in [2.24, 2.45) is 5.41 Å². The molecular weight excluding hydrogens is 246 g/mol. The standard InChI is InChI=1S/C18H27NO/c1-7-19-17(18(4,5)6)15-11-13-9-8-10-14(12(2)3)16(13)20-15/h8-12,17,19H,7H2,1-6H3. The van der Waals surface area contributed by atoms with Crippen molar-refractivity contribution in [3.8, 4) is 0 Å². The molecule has 2 heteroatoms. The molecule has 0 amide bonds. The molecule has 0 saturated heterocycles. The minimum absolute atomic E-state index is 0.127. The normalized spacial score (nSPS) is 14.2. The van der Waals surface area contributed by atoms with Gasteiger partial charge in [-0.15, -0.1) is 0 Å². The third-order valence-electron chi connectivity index (χ3n) is 3.77. The Morgan fingerprint density at radius 2 is 1.90 bits per heavy atom. The number of benzene rings is 1. The molecular formula is C18H27NO. The summed E-state index contributed by atoms with van der Waals surface area (Å²) in [6.07, 6.45) is 0. The SMILES string of the molecule is CCNC(c1cc2cccc(C(C)C)c2o1)C(C)(C)C. The number of rotatable bonds is 4. The van der Waals surface area contributed by atoms with Crippen LogP contribution < -0.4 is 5.32 Å². The number of para-hydroxylation sites is 1. The molecule has 0 fully saturated rings. The van der Waals surface area contributed by atoms with Crippen molar-refractivity contribution in [3.05, 3.63) is 35.6 Å². The molecule has 0 saturated carbocycles. The highest BCUT2D eigenvalue weighted by atomic mass is 16.3. The van der Waals surface area contributed by atoms with Crippen LogP contribution in [-0.4, -0.2) is 6.54 Å². The van der Waals surface area contributed by atoms with Gasteiger partial charge in [0.25, 0.3) is 0 Å². The van der Waals surface area contributed by atoms with Crippen molar-refractivity contribution in [2.75, 3.05) is 6.54 Å². The first kappa shape index (κ1) is 15.1. The maximum Gasteiger partial charge on any atom is 0.137 e. The molecule has 1 aromatic carbocycles. The van der Waals surface area contributed by atoms with E-state index in [0.29, 0.717) is 5.92 Å². The lowest BCUT2D eigenvalue weighted by molar-refractivity contribution is 0.244. The van der Waals surface area contributed by atoms with Gasteiger partial charge in [-0.05, 0) is 29.5 Å². The van der Waals surface area contributed by atoms with Gasteiger partial charge in [0.15, 0.2) is 0 Å². The predicted molar refractivity (Wildman–Crippen MR) is 86.2 cm³/mol. The van der Waals surface area contributed by atoms with E-state index in [-0.39, 0.29) is 11.5 Å².